The zero-order valence-electron chi connectivity index (χ0n) is 10.2. The predicted octanol–water partition coefficient (Wildman–Crippen LogP) is 2.69. The van der Waals surface area contributed by atoms with Crippen molar-refractivity contribution in [1.29, 1.82) is 0 Å². The molecule has 0 spiro atoms. The number of nitrogens with one attached hydrogen (secondary N) is 2. The molecule has 0 aliphatic carbocycles. The number of rotatable bonds is 5. The summed E-state index contributed by atoms with van der Waals surface area (Å²) < 4.78 is 10.4. The van der Waals surface area contributed by atoms with E-state index in [0.717, 1.165) is 11.4 Å². The molecule has 0 unspecified atom stereocenters. The quantitative estimate of drug-likeness (QED) is 0.874. The van der Waals surface area contributed by atoms with Crippen molar-refractivity contribution >= 4 is 17.3 Å². The van der Waals surface area contributed by atoms with Crippen LogP contribution in [-0.4, -0.2) is 24.2 Å². The highest BCUT2D eigenvalue weighted by molar-refractivity contribution is 6.32. The topological polar surface area (TPSA) is 59.2 Å². The normalized spacial score (nSPS) is 10.2. The number of halogens is 1. The monoisotopic (exact) mass is 267 g/mol. The number of ether oxygens (including phenoxy) is 2. The van der Waals surface area contributed by atoms with E-state index in [2.05, 4.69) is 15.3 Å². The minimum absolute atomic E-state index is 0.533. The first-order valence-electron chi connectivity index (χ1n) is 5.37. The summed E-state index contributed by atoms with van der Waals surface area (Å²) in [5, 5.41) is 3.76. The molecule has 0 aliphatic rings. The predicted molar refractivity (Wildman–Crippen MR) is 70.5 cm³/mol. The fraction of sp³-hybridized carbons (Fsp3) is 0.250. The Kier molecular flexibility index (Phi) is 3.94. The fourth-order valence-electron chi connectivity index (χ4n) is 1.57. The van der Waals surface area contributed by atoms with E-state index >= 15 is 0 Å². The molecule has 0 bridgehead atoms. The number of anilines is 1. The van der Waals surface area contributed by atoms with Crippen LogP contribution in [0.25, 0.3) is 0 Å². The van der Waals surface area contributed by atoms with E-state index in [0.29, 0.717) is 23.1 Å². The molecule has 1 aromatic carbocycles. The Morgan fingerprint density at radius 3 is 2.67 bits per heavy atom. The van der Waals surface area contributed by atoms with Crippen molar-refractivity contribution in [2.24, 2.45) is 0 Å². The molecule has 2 rings (SSSR count). The van der Waals surface area contributed by atoms with E-state index in [1.54, 1.807) is 38.9 Å². The number of H-pyrrole nitrogens is 1. The number of nitrogens with zero attached hydrogens (tertiary/aromatic N) is 1. The summed E-state index contributed by atoms with van der Waals surface area (Å²) in [5.74, 6) is 1.26. The third-order valence-electron chi connectivity index (χ3n) is 2.50. The van der Waals surface area contributed by atoms with Gasteiger partial charge < -0.3 is 19.8 Å². The third-order valence-corrected chi connectivity index (χ3v) is 2.79. The lowest BCUT2D eigenvalue weighted by atomic mass is 10.2. The van der Waals surface area contributed by atoms with E-state index in [9.17, 15) is 0 Å². The van der Waals surface area contributed by atoms with Crippen LogP contribution in [0.5, 0.6) is 11.5 Å². The molecule has 0 saturated heterocycles. The SMILES string of the molecule is COc1cc(OC)c(NCc2cnc[nH]2)cc1Cl. The summed E-state index contributed by atoms with van der Waals surface area (Å²) in [6.07, 6.45) is 3.39. The fourth-order valence-corrected chi connectivity index (χ4v) is 1.81. The van der Waals surface area contributed by atoms with Crippen molar-refractivity contribution in [3.8, 4) is 11.5 Å². The number of hydrogen-bond donors (Lipinski definition) is 2. The van der Waals surface area contributed by atoms with Gasteiger partial charge in [0.1, 0.15) is 11.5 Å². The van der Waals surface area contributed by atoms with Crippen molar-refractivity contribution in [2.45, 2.75) is 6.54 Å². The van der Waals surface area contributed by atoms with Gasteiger partial charge in [0.25, 0.3) is 0 Å². The number of imidazole rings is 1. The Morgan fingerprint density at radius 2 is 2.06 bits per heavy atom. The maximum Gasteiger partial charge on any atom is 0.145 e. The van der Waals surface area contributed by atoms with Gasteiger partial charge in [-0.1, -0.05) is 11.6 Å². The van der Waals surface area contributed by atoms with Crippen LogP contribution in [0.3, 0.4) is 0 Å². The summed E-state index contributed by atoms with van der Waals surface area (Å²) in [5.41, 5.74) is 1.78. The summed E-state index contributed by atoms with van der Waals surface area (Å²) >= 11 is 6.08. The molecule has 0 aliphatic heterocycles. The zero-order valence-corrected chi connectivity index (χ0v) is 10.9. The van der Waals surface area contributed by atoms with Gasteiger partial charge in [-0.25, -0.2) is 4.98 Å². The average Bonchev–Trinajstić information content (AvgIpc) is 2.89. The molecule has 2 aromatic rings. The summed E-state index contributed by atoms with van der Waals surface area (Å²) in [6.45, 7) is 0.610. The van der Waals surface area contributed by atoms with Crippen LogP contribution in [0.4, 0.5) is 5.69 Å². The highest BCUT2D eigenvalue weighted by Crippen LogP contribution is 2.35. The Hall–Kier alpha value is -1.88. The van der Waals surface area contributed by atoms with Gasteiger partial charge in [0.05, 0.1) is 43.5 Å². The second-order valence-electron chi connectivity index (χ2n) is 3.62. The molecule has 18 heavy (non-hydrogen) atoms. The molecule has 1 heterocycles. The molecule has 6 heteroatoms. The molecule has 0 saturated carbocycles. The highest BCUT2D eigenvalue weighted by atomic mass is 35.5. The summed E-state index contributed by atoms with van der Waals surface area (Å²) in [7, 11) is 3.17. The first kappa shape index (κ1) is 12.6. The number of aromatic nitrogens is 2. The molecule has 5 nitrogen and oxygen atoms in total. The van der Waals surface area contributed by atoms with Gasteiger partial charge in [-0.3, -0.25) is 0 Å². The number of aromatic amines is 1. The molecular formula is C12H14ClN3O2. The second-order valence-corrected chi connectivity index (χ2v) is 4.02. The van der Waals surface area contributed by atoms with E-state index in [-0.39, 0.29) is 0 Å². The van der Waals surface area contributed by atoms with Crippen molar-refractivity contribution < 1.29 is 9.47 Å². The van der Waals surface area contributed by atoms with Crippen molar-refractivity contribution in [2.75, 3.05) is 19.5 Å². The number of methoxy groups -OCH3 is 2. The first-order chi connectivity index (χ1) is 8.74. The molecule has 96 valence electrons. The standard InChI is InChI=1S/C12H14ClN3O2/c1-17-11-4-12(18-2)10(3-9(11)13)15-6-8-5-14-7-16-8/h3-5,7,15H,6H2,1-2H3,(H,14,16). The van der Waals surface area contributed by atoms with E-state index in [1.165, 1.54) is 0 Å². The maximum absolute atomic E-state index is 6.08. The Balaban J connectivity index is 2.18. The number of benzene rings is 1. The van der Waals surface area contributed by atoms with Gasteiger partial charge in [-0.2, -0.15) is 0 Å². The first-order valence-corrected chi connectivity index (χ1v) is 5.75. The number of hydrogen-bond acceptors (Lipinski definition) is 4. The molecule has 0 amide bonds. The lowest BCUT2D eigenvalue weighted by Crippen LogP contribution is -2.02. The second kappa shape index (κ2) is 5.64. The van der Waals surface area contributed by atoms with Gasteiger partial charge in [-0.05, 0) is 6.07 Å². The van der Waals surface area contributed by atoms with Gasteiger partial charge in [-0.15, -0.1) is 0 Å². The van der Waals surface area contributed by atoms with E-state index < -0.39 is 0 Å². The van der Waals surface area contributed by atoms with E-state index in [4.69, 9.17) is 21.1 Å². The van der Waals surface area contributed by atoms with Crippen LogP contribution >= 0.6 is 11.6 Å². The lowest BCUT2D eigenvalue weighted by molar-refractivity contribution is 0.395. The average molecular weight is 268 g/mol. The van der Waals surface area contributed by atoms with Crippen LogP contribution in [0.2, 0.25) is 5.02 Å². The largest absolute Gasteiger partial charge is 0.495 e. The third kappa shape index (κ3) is 2.68. The van der Waals surface area contributed by atoms with Crippen LogP contribution in [0.15, 0.2) is 24.7 Å². The molecule has 0 radical (unpaired) electrons. The zero-order chi connectivity index (χ0) is 13.0. The van der Waals surface area contributed by atoms with Crippen LogP contribution in [-0.2, 0) is 6.54 Å². The van der Waals surface area contributed by atoms with Crippen molar-refractivity contribution in [3.63, 3.8) is 0 Å². The maximum atomic E-state index is 6.08. The highest BCUT2D eigenvalue weighted by Gasteiger charge is 2.09. The van der Waals surface area contributed by atoms with Gasteiger partial charge in [0.2, 0.25) is 0 Å². The van der Waals surface area contributed by atoms with Crippen LogP contribution in [0, 0.1) is 0 Å². The molecule has 0 atom stereocenters. The van der Waals surface area contributed by atoms with Crippen molar-refractivity contribution in [3.05, 3.63) is 35.4 Å². The van der Waals surface area contributed by atoms with Crippen LogP contribution in [0.1, 0.15) is 5.69 Å². The molecular weight excluding hydrogens is 254 g/mol. The summed E-state index contributed by atoms with van der Waals surface area (Å²) in [6, 6.07) is 3.52. The smallest absolute Gasteiger partial charge is 0.145 e. The minimum atomic E-state index is 0.533. The van der Waals surface area contributed by atoms with Gasteiger partial charge in [0, 0.05) is 12.3 Å². The van der Waals surface area contributed by atoms with Gasteiger partial charge >= 0.3 is 0 Å². The van der Waals surface area contributed by atoms with Gasteiger partial charge in [0.15, 0.2) is 0 Å². The van der Waals surface area contributed by atoms with Crippen LogP contribution < -0.4 is 14.8 Å². The van der Waals surface area contributed by atoms with E-state index in [1.807, 2.05) is 0 Å². The van der Waals surface area contributed by atoms with Crippen molar-refractivity contribution in [1.82, 2.24) is 9.97 Å². The summed E-state index contributed by atoms with van der Waals surface area (Å²) in [4.78, 5) is 6.96. The Morgan fingerprint density at radius 1 is 1.28 bits per heavy atom. The molecule has 2 N–H and O–H groups in total. The lowest BCUT2D eigenvalue weighted by Gasteiger charge is -2.13. The molecule has 1 aromatic heterocycles. The molecule has 0 fully saturated rings. The Labute approximate surface area is 110 Å². The minimum Gasteiger partial charge on any atom is -0.495 e. The Bertz CT molecular complexity index is 514.